The Balaban J connectivity index is 3.00. The van der Waals surface area contributed by atoms with E-state index in [0.717, 1.165) is 30.4 Å². The van der Waals surface area contributed by atoms with Crippen LogP contribution in [0.1, 0.15) is 12.5 Å². The Bertz CT molecular complexity index is 471. The van der Waals surface area contributed by atoms with Crippen LogP contribution < -0.4 is 0 Å². The van der Waals surface area contributed by atoms with Crippen molar-refractivity contribution in [2.45, 2.75) is 6.92 Å². The Morgan fingerprint density at radius 2 is 2.29 bits per heavy atom. The van der Waals surface area contributed by atoms with Gasteiger partial charge in [0.25, 0.3) is 5.69 Å². The molecule has 0 saturated heterocycles. The predicted molar refractivity (Wildman–Crippen MR) is 58.7 cm³/mol. The van der Waals surface area contributed by atoms with Crippen molar-refractivity contribution in [3.63, 3.8) is 0 Å². The van der Waals surface area contributed by atoms with Gasteiger partial charge < -0.3 is 4.74 Å². The number of ether oxygens (including phenoxy) is 1. The molecule has 0 radical (unpaired) electrons. The molecule has 0 amide bonds. The lowest BCUT2D eigenvalue weighted by Gasteiger charge is -1.98. The lowest BCUT2D eigenvalue weighted by Crippen LogP contribution is -1.99. The van der Waals surface area contributed by atoms with Crippen molar-refractivity contribution < 1.29 is 18.8 Å². The molecule has 0 saturated carbocycles. The van der Waals surface area contributed by atoms with Gasteiger partial charge in [-0.3, -0.25) is 10.1 Å². The van der Waals surface area contributed by atoms with E-state index >= 15 is 0 Å². The third kappa shape index (κ3) is 3.67. The van der Waals surface area contributed by atoms with E-state index < -0.39 is 16.7 Å². The van der Waals surface area contributed by atoms with Crippen molar-refractivity contribution in [2.75, 3.05) is 6.61 Å². The second kappa shape index (κ2) is 5.74. The number of esters is 1. The molecule has 6 heteroatoms. The maximum Gasteiger partial charge on any atom is 0.330 e. The Labute approximate surface area is 96.7 Å². The molecule has 1 aromatic rings. The third-order valence-electron chi connectivity index (χ3n) is 1.87. The second-order valence-corrected chi connectivity index (χ2v) is 3.05. The highest BCUT2D eigenvalue weighted by Gasteiger charge is 2.12. The van der Waals surface area contributed by atoms with Crippen LogP contribution in [0.5, 0.6) is 0 Å². The van der Waals surface area contributed by atoms with Crippen molar-refractivity contribution in [3.8, 4) is 0 Å². The van der Waals surface area contributed by atoms with Crippen LogP contribution in [-0.4, -0.2) is 17.5 Å². The van der Waals surface area contributed by atoms with Crippen LogP contribution in [0.4, 0.5) is 10.1 Å². The molecule has 0 fully saturated rings. The predicted octanol–water partition coefficient (Wildman–Crippen LogP) is 2.31. The van der Waals surface area contributed by atoms with Gasteiger partial charge in [0.05, 0.1) is 17.1 Å². The van der Waals surface area contributed by atoms with Gasteiger partial charge in [0.2, 0.25) is 0 Å². The smallest absolute Gasteiger partial charge is 0.330 e. The molecule has 0 spiro atoms. The fourth-order valence-electron chi connectivity index (χ4n) is 1.17. The summed E-state index contributed by atoms with van der Waals surface area (Å²) in [6, 6.07) is 3.01. The van der Waals surface area contributed by atoms with Crippen molar-refractivity contribution in [1.82, 2.24) is 0 Å². The van der Waals surface area contributed by atoms with E-state index in [9.17, 15) is 19.3 Å². The van der Waals surface area contributed by atoms with E-state index in [1.807, 2.05) is 0 Å². The van der Waals surface area contributed by atoms with Crippen molar-refractivity contribution in [1.29, 1.82) is 0 Å². The Hall–Kier alpha value is -2.24. The molecule has 0 atom stereocenters. The molecule has 0 aliphatic carbocycles. The highest BCUT2D eigenvalue weighted by atomic mass is 19.1. The second-order valence-electron chi connectivity index (χ2n) is 3.05. The average Bonchev–Trinajstić information content (AvgIpc) is 2.26. The molecule has 0 aliphatic heterocycles. The van der Waals surface area contributed by atoms with E-state index in [1.54, 1.807) is 6.92 Å². The average molecular weight is 239 g/mol. The normalized spacial score (nSPS) is 10.5. The van der Waals surface area contributed by atoms with Gasteiger partial charge in [-0.15, -0.1) is 0 Å². The van der Waals surface area contributed by atoms with Crippen LogP contribution in [0.3, 0.4) is 0 Å². The maximum absolute atomic E-state index is 12.9. The van der Waals surface area contributed by atoms with Crippen LogP contribution in [0.25, 0.3) is 6.08 Å². The van der Waals surface area contributed by atoms with Gasteiger partial charge in [0.1, 0.15) is 5.82 Å². The summed E-state index contributed by atoms with van der Waals surface area (Å²) in [5.41, 5.74) is -0.255. The molecule has 1 rings (SSSR count). The summed E-state index contributed by atoms with van der Waals surface area (Å²) in [5.74, 6) is -1.25. The zero-order valence-corrected chi connectivity index (χ0v) is 9.05. The van der Waals surface area contributed by atoms with Crippen molar-refractivity contribution in [2.24, 2.45) is 0 Å². The Morgan fingerprint density at radius 3 is 2.88 bits per heavy atom. The largest absolute Gasteiger partial charge is 0.463 e. The molecule has 1 aromatic carbocycles. The lowest BCUT2D eigenvalue weighted by molar-refractivity contribution is -0.385. The zero-order chi connectivity index (χ0) is 12.8. The lowest BCUT2D eigenvalue weighted by atomic mass is 10.1. The van der Waals surface area contributed by atoms with Crippen molar-refractivity contribution in [3.05, 3.63) is 45.8 Å². The van der Waals surface area contributed by atoms with Crippen LogP contribution in [0.15, 0.2) is 24.3 Å². The summed E-state index contributed by atoms with van der Waals surface area (Å²) in [4.78, 5) is 21.0. The molecule has 0 heterocycles. The number of nitro benzene ring substituents is 1. The number of nitro groups is 1. The van der Waals surface area contributed by atoms with Crippen LogP contribution >= 0.6 is 0 Å². The molecule has 5 nitrogen and oxygen atoms in total. The summed E-state index contributed by atoms with van der Waals surface area (Å²) >= 11 is 0. The first-order valence-electron chi connectivity index (χ1n) is 4.83. The Kier molecular flexibility index (Phi) is 4.33. The third-order valence-corrected chi connectivity index (χ3v) is 1.87. The summed E-state index contributed by atoms with van der Waals surface area (Å²) < 4.78 is 17.5. The minimum absolute atomic E-state index is 0.0167. The molecule has 17 heavy (non-hydrogen) atoms. The van der Waals surface area contributed by atoms with E-state index in [4.69, 9.17) is 0 Å². The van der Waals surface area contributed by atoms with Crippen LogP contribution in [0.2, 0.25) is 0 Å². The van der Waals surface area contributed by atoms with E-state index in [-0.39, 0.29) is 17.9 Å². The highest BCUT2D eigenvalue weighted by molar-refractivity contribution is 5.87. The monoisotopic (exact) mass is 239 g/mol. The van der Waals surface area contributed by atoms with Crippen LogP contribution in [-0.2, 0) is 9.53 Å². The first-order valence-corrected chi connectivity index (χ1v) is 4.83. The van der Waals surface area contributed by atoms with Crippen LogP contribution in [0, 0.1) is 15.9 Å². The fourth-order valence-corrected chi connectivity index (χ4v) is 1.17. The van der Waals surface area contributed by atoms with Crippen molar-refractivity contribution >= 4 is 17.7 Å². The molecular weight excluding hydrogens is 229 g/mol. The number of hydrogen-bond donors (Lipinski definition) is 0. The highest BCUT2D eigenvalue weighted by Crippen LogP contribution is 2.20. The molecule has 0 aromatic heterocycles. The van der Waals surface area contributed by atoms with Gasteiger partial charge in [-0.2, -0.15) is 0 Å². The summed E-state index contributed by atoms with van der Waals surface area (Å²) in [6.45, 7) is 1.84. The van der Waals surface area contributed by atoms with E-state index in [0.29, 0.717) is 0 Å². The number of hydrogen-bond acceptors (Lipinski definition) is 4. The fraction of sp³-hybridized carbons (Fsp3) is 0.182. The van der Waals surface area contributed by atoms with Gasteiger partial charge >= 0.3 is 5.97 Å². The summed E-state index contributed by atoms with van der Waals surface area (Å²) in [6.07, 6.45) is 2.17. The molecule has 0 bridgehead atoms. The maximum atomic E-state index is 12.9. The SMILES string of the molecule is CCOC(=O)/C=C/c1cc(F)ccc1[N+](=O)[O-]. The standard InChI is InChI=1S/C11H10FNO4/c1-2-17-11(14)6-3-8-7-9(12)4-5-10(8)13(15)16/h3-7H,2H2,1H3/b6-3+. The number of nitrogens with zero attached hydrogens (tertiary/aromatic N) is 1. The first kappa shape index (κ1) is 12.8. The van der Waals surface area contributed by atoms with Gasteiger partial charge in [-0.05, 0) is 25.1 Å². The van der Waals surface area contributed by atoms with Gasteiger partial charge in [-0.1, -0.05) is 0 Å². The van der Waals surface area contributed by atoms with Gasteiger partial charge in [0, 0.05) is 12.1 Å². The number of rotatable bonds is 4. The molecule has 90 valence electrons. The summed E-state index contributed by atoms with van der Waals surface area (Å²) in [5, 5.41) is 10.6. The van der Waals surface area contributed by atoms with E-state index in [2.05, 4.69) is 4.74 Å². The quantitative estimate of drug-likeness (QED) is 0.350. The van der Waals surface area contributed by atoms with Gasteiger partial charge in [-0.25, -0.2) is 9.18 Å². The minimum atomic E-state index is -0.649. The van der Waals surface area contributed by atoms with E-state index in [1.165, 1.54) is 0 Å². The number of benzene rings is 1. The number of halogens is 1. The first-order chi connectivity index (χ1) is 8.04. The summed E-state index contributed by atoms with van der Waals surface area (Å²) in [7, 11) is 0. The Morgan fingerprint density at radius 1 is 1.59 bits per heavy atom. The number of carbonyl (C=O) groups is 1. The molecule has 0 unspecified atom stereocenters. The molecule has 0 N–H and O–H groups in total. The minimum Gasteiger partial charge on any atom is -0.463 e. The topological polar surface area (TPSA) is 69.4 Å². The zero-order valence-electron chi connectivity index (χ0n) is 9.05. The molecular formula is C11H10FNO4. The number of carbonyl (C=O) groups excluding carboxylic acids is 1. The van der Waals surface area contributed by atoms with Gasteiger partial charge in [0.15, 0.2) is 0 Å². The molecule has 0 aliphatic rings.